The molecule has 0 aliphatic carbocycles. The molecule has 0 saturated heterocycles. The summed E-state index contributed by atoms with van der Waals surface area (Å²) in [5.41, 5.74) is 3.54. The maximum absolute atomic E-state index is 13.1. The molecule has 0 fully saturated rings. The summed E-state index contributed by atoms with van der Waals surface area (Å²) in [6.07, 6.45) is 2.82. The van der Waals surface area contributed by atoms with E-state index in [9.17, 15) is 9.59 Å². The number of thioether (sulfide) groups is 1. The van der Waals surface area contributed by atoms with Gasteiger partial charge in [0, 0.05) is 16.5 Å². The van der Waals surface area contributed by atoms with E-state index in [0.717, 1.165) is 27.6 Å². The lowest BCUT2D eigenvalue weighted by molar-refractivity contribution is -0.120. The van der Waals surface area contributed by atoms with Crippen LogP contribution in [-0.4, -0.2) is 34.7 Å². The zero-order valence-electron chi connectivity index (χ0n) is 19.1. The number of amides is 1. The van der Waals surface area contributed by atoms with Crippen LogP contribution >= 0.6 is 23.1 Å². The first-order valence-electron chi connectivity index (χ1n) is 10.7. The molecule has 1 atom stereocenters. The number of ketones is 1. The summed E-state index contributed by atoms with van der Waals surface area (Å²) in [5, 5.41) is 5.73. The molecule has 3 rings (SSSR count). The molecule has 0 unspecified atom stereocenters. The molecule has 0 aliphatic heterocycles. The van der Waals surface area contributed by atoms with Crippen LogP contribution in [0, 0.1) is 0 Å². The quantitative estimate of drug-likeness (QED) is 0.435. The third-order valence-electron chi connectivity index (χ3n) is 5.24. The molecule has 0 bridgehead atoms. The predicted octanol–water partition coefficient (Wildman–Crippen LogP) is 5.77. The Balaban J connectivity index is 1.71. The number of carbonyl (C=O) groups is 2. The van der Waals surface area contributed by atoms with Crippen LogP contribution in [0.15, 0.2) is 60.0 Å². The van der Waals surface area contributed by atoms with Gasteiger partial charge in [-0.25, -0.2) is 4.98 Å². The first-order valence-corrected chi connectivity index (χ1v) is 13.0. The summed E-state index contributed by atoms with van der Waals surface area (Å²) in [6.45, 7) is 6.35. The summed E-state index contributed by atoms with van der Waals surface area (Å²) >= 11 is 3.15. The van der Waals surface area contributed by atoms with Crippen LogP contribution in [0.1, 0.15) is 48.1 Å². The maximum Gasteiger partial charge on any atom is 0.251 e. The molecule has 0 spiro atoms. The van der Waals surface area contributed by atoms with Crippen LogP contribution in [0.5, 0.6) is 0 Å². The van der Waals surface area contributed by atoms with Gasteiger partial charge in [0.2, 0.25) is 0 Å². The molecule has 6 heteroatoms. The zero-order valence-corrected chi connectivity index (χ0v) is 20.7. The Kier molecular flexibility index (Phi) is 8.26. The summed E-state index contributed by atoms with van der Waals surface area (Å²) in [5.74, 6) is 0.583. The van der Waals surface area contributed by atoms with Gasteiger partial charge in [-0.2, -0.15) is 11.8 Å². The molecule has 32 heavy (non-hydrogen) atoms. The van der Waals surface area contributed by atoms with Gasteiger partial charge < -0.3 is 5.32 Å². The number of hydrogen-bond donors (Lipinski definition) is 1. The highest BCUT2D eigenvalue weighted by Gasteiger charge is 2.23. The van der Waals surface area contributed by atoms with E-state index in [1.54, 1.807) is 17.8 Å². The lowest BCUT2D eigenvalue weighted by Crippen LogP contribution is -2.42. The number of thiazole rings is 1. The van der Waals surface area contributed by atoms with Crippen LogP contribution in [0.25, 0.3) is 11.3 Å². The fourth-order valence-corrected chi connectivity index (χ4v) is 4.61. The summed E-state index contributed by atoms with van der Waals surface area (Å²) in [6, 6.07) is 17.0. The van der Waals surface area contributed by atoms with E-state index < -0.39 is 6.04 Å². The van der Waals surface area contributed by atoms with Crippen LogP contribution in [0.4, 0.5) is 0 Å². The molecule has 1 amide bonds. The maximum atomic E-state index is 13.1. The first-order chi connectivity index (χ1) is 15.3. The van der Waals surface area contributed by atoms with Gasteiger partial charge in [-0.05, 0) is 41.5 Å². The molecule has 1 aromatic heterocycles. The number of benzene rings is 2. The topological polar surface area (TPSA) is 59.1 Å². The van der Waals surface area contributed by atoms with Crippen molar-refractivity contribution in [3.05, 3.63) is 76.1 Å². The molecule has 0 radical (unpaired) electrons. The number of Topliss-reactive ketones (excluding diaryl/α,β-unsaturated/α-hetero) is 1. The molecule has 168 valence electrons. The Morgan fingerprint density at radius 2 is 1.84 bits per heavy atom. The van der Waals surface area contributed by atoms with Crippen molar-refractivity contribution in [2.75, 3.05) is 12.0 Å². The molecule has 4 nitrogen and oxygen atoms in total. The Morgan fingerprint density at radius 1 is 1.09 bits per heavy atom. The van der Waals surface area contributed by atoms with E-state index in [2.05, 4.69) is 31.1 Å². The molecule has 2 aromatic carbocycles. The number of nitrogens with zero attached hydrogens (tertiary/aromatic N) is 1. The second-order valence-electron chi connectivity index (χ2n) is 8.77. The predicted molar refractivity (Wildman–Crippen MR) is 136 cm³/mol. The Hall–Kier alpha value is -2.44. The monoisotopic (exact) mass is 466 g/mol. The average molecular weight is 467 g/mol. The van der Waals surface area contributed by atoms with Gasteiger partial charge in [0.1, 0.15) is 5.01 Å². The van der Waals surface area contributed by atoms with Crippen LogP contribution in [0.2, 0.25) is 0 Å². The highest BCUT2D eigenvalue weighted by molar-refractivity contribution is 7.98. The number of rotatable bonds is 9. The smallest absolute Gasteiger partial charge is 0.251 e. The number of nitrogens with one attached hydrogen (secondary N) is 1. The minimum Gasteiger partial charge on any atom is -0.342 e. The highest BCUT2D eigenvalue weighted by atomic mass is 32.2. The van der Waals surface area contributed by atoms with E-state index in [1.165, 1.54) is 11.3 Å². The zero-order chi connectivity index (χ0) is 23.1. The van der Waals surface area contributed by atoms with Crippen molar-refractivity contribution in [1.29, 1.82) is 0 Å². The van der Waals surface area contributed by atoms with Gasteiger partial charge in [-0.15, -0.1) is 11.3 Å². The second-order valence-corrected chi connectivity index (χ2v) is 10.7. The Morgan fingerprint density at radius 3 is 2.53 bits per heavy atom. The van der Waals surface area contributed by atoms with Crippen LogP contribution in [0.3, 0.4) is 0 Å². The minimum absolute atomic E-state index is 0.00617. The molecule has 1 N–H and O–H groups in total. The fraction of sp³-hybridized carbons (Fsp3) is 0.346. The highest BCUT2D eigenvalue weighted by Crippen LogP contribution is 2.24. The Labute approximate surface area is 198 Å². The van der Waals surface area contributed by atoms with E-state index in [4.69, 9.17) is 0 Å². The van der Waals surface area contributed by atoms with Crippen molar-refractivity contribution in [2.24, 2.45) is 0 Å². The summed E-state index contributed by atoms with van der Waals surface area (Å²) in [7, 11) is 0. The van der Waals surface area contributed by atoms with Crippen molar-refractivity contribution >= 4 is 34.8 Å². The molecule has 0 saturated carbocycles. The first kappa shape index (κ1) is 24.2. The molecular formula is C26H30N2O2S2. The summed E-state index contributed by atoms with van der Waals surface area (Å²) in [4.78, 5) is 30.7. The molecular weight excluding hydrogens is 436 g/mol. The van der Waals surface area contributed by atoms with Gasteiger partial charge in [0.25, 0.3) is 5.91 Å². The van der Waals surface area contributed by atoms with E-state index in [1.807, 2.05) is 60.2 Å². The minimum atomic E-state index is -0.530. The largest absolute Gasteiger partial charge is 0.342 e. The van der Waals surface area contributed by atoms with Crippen molar-refractivity contribution in [2.45, 2.75) is 45.1 Å². The average Bonchev–Trinajstić information content (AvgIpc) is 3.25. The van der Waals surface area contributed by atoms with Crippen LogP contribution in [-0.2, 0) is 16.6 Å². The molecule has 1 heterocycles. The van der Waals surface area contributed by atoms with Gasteiger partial charge >= 0.3 is 0 Å². The van der Waals surface area contributed by atoms with Gasteiger partial charge in [-0.1, -0.05) is 63.2 Å². The number of aromatic nitrogens is 1. The van der Waals surface area contributed by atoms with Crippen molar-refractivity contribution in [3.63, 3.8) is 0 Å². The third-order valence-corrected chi connectivity index (χ3v) is 6.73. The van der Waals surface area contributed by atoms with E-state index in [-0.39, 0.29) is 23.5 Å². The van der Waals surface area contributed by atoms with Gasteiger partial charge in [0.15, 0.2) is 5.78 Å². The number of hydrogen-bond acceptors (Lipinski definition) is 5. The lowest BCUT2D eigenvalue weighted by atomic mass is 9.86. The summed E-state index contributed by atoms with van der Waals surface area (Å²) < 4.78 is 0. The normalized spacial score (nSPS) is 12.4. The fourth-order valence-electron chi connectivity index (χ4n) is 3.32. The van der Waals surface area contributed by atoms with Crippen molar-refractivity contribution < 1.29 is 9.59 Å². The lowest BCUT2D eigenvalue weighted by Gasteiger charge is -2.21. The van der Waals surface area contributed by atoms with Crippen molar-refractivity contribution in [3.8, 4) is 11.3 Å². The third kappa shape index (κ3) is 6.53. The molecule has 0 aliphatic rings. The van der Waals surface area contributed by atoms with Crippen LogP contribution < -0.4 is 5.32 Å². The molecule has 3 aromatic rings. The van der Waals surface area contributed by atoms with E-state index in [0.29, 0.717) is 12.0 Å². The SMILES string of the molecule is CSCC[C@H](NC(=O)c1cccc(C(C)(C)C)c1)C(=O)Cc1nc(-c2ccccc2)cs1. The second kappa shape index (κ2) is 10.9. The van der Waals surface area contributed by atoms with Gasteiger partial charge in [0.05, 0.1) is 18.2 Å². The number of carbonyl (C=O) groups excluding carboxylic acids is 2. The Bertz CT molecular complexity index is 1050. The van der Waals surface area contributed by atoms with Gasteiger partial charge in [-0.3, -0.25) is 9.59 Å². The van der Waals surface area contributed by atoms with E-state index >= 15 is 0 Å². The standard InChI is InChI=1S/C26H30N2O2S2/c1-26(2,3)20-12-8-11-19(15-20)25(30)28-21(13-14-31-4)23(29)16-24-27-22(17-32-24)18-9-6-5-7-10-18/h5-12,15,17,21H,13-14,16H2,1-4H3,(H,28,30)/t21-/m0/s1. The van der Waals surface area contributed by atoms with Crippen molar-refractivity contribution in [1.82, 2.24) is 10.3 Å².